The highest BCUT2D eigenvalue weighted by atomic mass is 16.2. The Labute approximate surface area is 142 Å². The molecule has 0 unspecified atom stereocenters. The van der Waals surface area contributed by atoms with Crippen LogP contribution in [0.3, 0.4) is 0 Å². The van der Waals surface area contributed by atoms with Crippen molar-refractivity contribution in [2.24, 2.45) is 0 Å². The van der Waals surface area contributed by atoms with Gasteiger partial charge in [0.2, 0.25) is 11.8 Å². The highest BCUT2D eigenvalue weighted by Crippen LogP contribution is 2.36. The van der Waals surface area contributed by atoms with Gasteiger partial charge < -0.3 is 10.2 Å². The Morgan fingerprint density at radius 2 is 1.58 bits per heavy atom. The van der Waals surface area contributed by atoms with E-state index < -0.39 is 0 Å². The predicted octanol–water partition coefficient (Wildman–Crippen LogP) is 4.22. The Morgan fingerprint density at radius 3 is 2.38 bits per heavy atom. The summed E-state index contributed by atoms with van der Waals surface area (Å²) >= 11 is 0. The summed E-state index contributed by atoms with van der Waals surface area (Å²) in [6.45, 7) is 2.62. The molecule has 2 aromatic rings. The number of amides is 2. The number of nitrogens with one attached hydrogen (secondary N) is 1. The first kappa shape index (κ1) is 16.2. The molecule has 3 rings (SSSR count). The zero-order chi connectivity index (χ0) is 16.9. The van der Waals surface area contributed by atoms with Gasteiger partial charge in [0.15, 0.2) is 0 Å². The molecule has 0 saturated carbocycles. The van der Waals surface area contributed by atoms with Crippen LogP contribution >= 0.6 is 0 Å². The molecule has 2 aromatic carbocycles. The minimum absolute atomic E-state index is 0.000279. The maximum absolute atomic E-state index is 12.6. The summed E-state index contributed by atoms with van der Waals surface area (Å²) < 4.78 is 0. The van der Waals surface area contributed by atoms with E-state index in [-0.39, 0.29) is 11.8 Å². The number of benzene rings is 2. The summed E-state index contributed by atoms with van der Waals surface area (Å²) in [6.07, 6.45) is 2.36. The van der Waals surface area contributed by atoms with Crippen molar-refractivity contribution in [3.63, 3.8) is 0 Å². The lowest BCUT2D eigenvalue weighted by atomic mass is 9.99. The molecule has 0 bridgehead atoms. The Kier molecular flexibility index (Phi) is 4.94. The molecule has 0 fully saturated rings. The SMILES string of the molecule is CCN1C(=O)CCCCC(=O)Nc2ccccc2-c2ccccc21. The van der Waals surface area contributed by atoms with E-state index in [4.69, 9.17) is 0 Å². The summed E-state index contributed by atoms with van der Waals surface area (Å²) in [6, 6.07) is 15.6. The molecule has 1 heterocycles. The minimum atomic E-state index is 0.000279. The van der Waals surface area contributed by atoms with Gasteiger partial charge in [0.1, 0.15) is 0 Å². The number of rotatable bonds is 1. The molecule has 124 valence electrons. The number of hydrogen-bond acceptors (Lipinski definition) is 2. The molecule has 1 aliphatic rings. The smallest absolute Gasteiger partial charge is 0.226 e. The second-order valence-corrected chi connectivity index (χ2v) is 5.96. The van der Waals surface area contributed by atoms with E-state index in [1.165, 1.54) is 0 Å². The predicted molar refractivity (Wildman–Crippen MR) is 97.0 cm³/mol. The zero-order valence-corrected chi connectivity index (χ0v) is 13.9. The van der Waals surface area contributed by atoms with Crippen molar-refractivity contribution in [1.29, 1.82) is 0 Å². The topological polar surface area (TPSA) is 49.4 Å². The Balaban J connectivity index is 2.16. The van der Waals surface area contributed by atoms with E-state index >= 15 is 0 Å². The molecule has 4 heteroatoms. The second-order valence-electron chi connectivity index (χ2n) is 5.96. The monoisotopic (exact) mass is 322 g/mol. The van der Waals surface area contributed by atoms with Crippen molar-refractivity contribution < 1.29 is 9.59 Å². The Bertz CT molecular complexity index is 755. The van der Waals surface area contributed by atoms with Gasteiger partial charge >= 0.3 is 0 Å². The van der Waals surface area contributed by atoms with Crippen molar-refractivity contribution in [2.75, 3.05) is 16.8 Å². The number of carbonyl (C=O) groups excluding carboxylic acids is 2. The summed E-state index contributed by atoms with van der Waals surface area (Å²) in [7, 11) is 0. The molecule has 24 heavy (non-hydrogen) atoms. The molecule has 4 nitrogen and oxygen atoms in total. The fourth-order valence-electron chi connectivity index (χ4n) is 3.15. The molecule has 2 amide bonds. The van der Waals surface area contributed by atoms with E-state index in [9.17, 15) is 9.59 Å². The molecular formula is C20H22N2O2. The maximum Gasteiger partial charge on any atom is 0.226 e. The number of carbonyl (C=O) groups is 2. The van der Waals surface area contributed by atoms with Crippen LogP contribution in [0.5, 0.6) is 0 Å². The fourth-order valence-corrected chi connectivity index (χ4v) is 3.15. The molecule has 0 spiro atoms. The van der Waals surface area contributed by atoms with Crippen molar-refractivity contribution >= 4 is 23.2 Å². The van der Waals surface area contributed by atoms with E-state index in [0.717, 1.165) is 35.3 Å². The van der Waals surface area contributed by atoms with Crippen molar-refractivity contribution in [3.05, 3.63) is 48.5 Å². The van der Waals surface area contributed by atoms with E-state index in [1.54, 1.807) is 0 Å². The molecule has 0 aromatic heterocycles. The third kappa shape index (κ3) is 3.32. The van der Waals surface area contributed by atoms with Gasteiger partial charge in [-0.05, 0) is 31.9 Å². The van der Waals surface area contributed by atoms with Crippen LogP contribution < -0.4 is 10.2 Å². The second kappa shape index (κ2) is 7.30. The summed E-state index contributed by atoms with van der Waals surface area (Å²) in [5.74, 6) is 0.115. The van der Waals surface area contributed by atoms with Gasteiger partial charge in [-0.1, -0.05) is 36.4 Å². The van der Waals surface area contributed by atoms with Crippen LogP contribution in [0.4, 0.5) is 11.4 Å². The van der Waals surface area contributed by atoms with E-state index in [1.807, 2.05) is 60.4 Å². The van der Waals surface area contributed by atoms with Crippen molar-refractivity contribution in [3.8, 4) is 11.1 Å². The van der Waals surface area contributed by atoms with Crippen LogP contribution in [0, 0.1) is 0 Å². The number of hydrogen-bond donors (Lipinski definition) is 1. The van der Waals surface area contributed by atoms with Crippen molar-refractivity contribution in [2.45, 2.75) is 32.6 Å². The zero-order valence-electron chi connectivity index (χ0n) is 13.9. The average Bonchev–Trinajstić information content (AvgIpc) is 2.60. The Hall–Kier alpha value is -2.62. The quantitative estimate of drug-likeness (QED) is 0.854. The van der Waals surface area contributed by atoms with Crippen LogP contribution in [0.25, 0.3) is 11.1 Å². The van der Waals surface area contributed by atoms with Crippen LogP contribution in [0.15, 0.2) is 48.5 Å². The Morgan fingerprint density at radius 1 is 0.917 bits per heavy atom. The lowest BCUT2D eigenvalue weighted by Gasteiger charge is -2.25. The first-order valence-corrected chi connectivity index (χ1v) is 8.49. The lowest BCUT2D eigenvalue weighted by Crippen LogP contribution is -2.31. The number of nitrogens with zero attached hydrogens (tertiary/aromatic N) is 1. The normalized spacial score (nSPS) is 15.6. The molecule has 0 radical (unpaired) electrons. The molecule has 0 atom stereocenters. The van der Waals surface area contributed by atoms with Gasteiger partial charge in [-0.25, -0.2) is 0 Å². The summed E-state index contributed by atoms with van der Waals surface area (Å²) in [5.41, 5.74) is 3.59. The first-order valence-electron chi connectivity index (χ1n) is 8.49. The maximum atomic E-state index is 12.6. The van der Waals surface area contributed by atoms with E-state index in [2.05, 4.69) is 5.32 Å². The first-order chi connectivity index (χ1) is 11.7. The van der Waals surface area contributed by atoms with E-state index in [0.29, 0.717) is 19.4 Å². The molecule has 0 aliphatic carbocycles. The van der Waals surface area contributed by atoms with Gasteiger partial charge in [-0.15, -0.1) is 0 Å². The van der Waals surface area contributed by atoms with Gasteiger partial charge in [-0.3, -0.25) is 9.59 Å². The summed E-state index contributed by atoms with van der Waals surface area (Å²) in [4.78, 5) is 26.7. The number of fused-ring (bicyclic) bond motifs is 3. The molecule has 1 N–H and O–H groups in total. The average molecular weight is 322 g/mol. The largest absolute Gasteiger partial charge is 0.326 e. The van der Waals surface area contributed by atoms with Crippen LogP contribution in [0.2, 0.25) is 0 Å². The van der Waals surface area contributed by atoms with Crippen LogP contribution in [0.1, 0.15) is 32.6 Å². The highest BCUT2D eigenvalue weighted by Gasteiger charge is 2.20. The van der Waals surface area contributed by atoms with Crippen LogP contribution in [-0.4, -0.2) is 18.4 Å². The lowest BCUT2D eigenvalue weighted by molar-refractivity contribution is -0.119. The third-order valence-electron chi connectivity index (χ3n) is 4.35. The fraction of sp³-hybridized carbons (Fsp3) is 0.300. The van der Waals surface area contributed by atoms with Crippen LogP contribution in [-0.2, 0) is 9.59 Å². The standard InChI is InChI=1S/C20H22N2O2/c1-2-22-18-12-6-4-10-16(18)15-9-3-5-11-17(15)21-19(23)13-7-8-14-20(22)24/h3-6,9-12H,2,7-8,13-14H2,1H3,(H,21,23). The van der Waals surface area contributed by atoms with Gasteiger partial charge in [0.25, 0.3) is 0 Å². The van der Waals surface area contributed by atoms with Crippen molar-refractivity contribution in [1.82, 2.24) is 0 Å². The third-order valence-corrected chi connectivity index (χ3v) is 4.35. The minimum Gasteiger partial charge on any atom is -0.326 e. The van der Waals surface area contributed by atoms with Gasteiger partial charge in [0.05, 0.1) is 5.69 Å². The van der Waals surface area contributed by atoms with Gasteiger partial charge in [0, 0.05) is 36.2 Å². The summed E-state index contributed by atoms with van der Waals surface area (Å²) in [5, 5.41) is 3.02. The highest BCUT2D eigenvalue weighted by molar-refractivity contribution is 6.01. The van der Waals surface area contributed by atoms with Gasteiger partial charge in [-0.2, -0.15) is 0 Å². The molecular weight excluding hydrogens is 300 g/mol. The molecule has 0 saturated heterocycles. The number of anilines is 2. The molecule has 1 aliphatic heterocycles. The number of para-hydroxylation sites is 2.